The Hall–Kier alpha value is -3.23. The molecule has 3 aliphatic heterocycles. The maximum atomic E-state index is 14.2. The van der Waals surface area contributed by atoms with Crippen LogP contribution in [-0.2, 0) is 19.1 Å². The fourth-order valence-corrected chi connectivity index (χ4v) is 7.24. The molecular weight excluding hydrogens is 506 g/mol. The molecule has 0 saturated carbocycles. The van der Waals surface area contributed by atoms with Gasteiger partial charge >= 0.3 is 0 Å². The van der Waals surface area contributed by atoms with E-state index < -0.39 is 29.1 Å². The van der Waals surface area contributed by atoms with Crippen LogP contribution >= 0.6 is 0 Å². The number of nitrogens with one attached hydrogen (secondary N) is 2. The number of amides is 3. The van der Waals surface area contributed by atoms with Gasteiger partial charge in [0.05, 0.1) is 17.4 Å². The van der Waals surface area contributed by atoms with Gasteiger partial charge in [-0.05, 0) is 75.3 Å². The van der Waals surface area contributed by atoms with Crippen LogP contribution in [0.4, 0.5) is 11.4 Å². The van der Waals surface area contributed by atoms with Gasteiger partial charge < -0.3 is 25.4 Å². The van der Waals surface area contributed by atoms with Crippen LogP contribution in [-0.4, -0.2) is 58.1 Å². The van der Waals surface area contributed by atoms with Crippen LogP contribution in [0.3, 0.4) is 0 Å². The number of hydrogen-bond donors (Lipinski definition) is 3. The molecule has 0 aromatic heterocycles. The lowest BCUT2D eigenvalue weighted by molar-refractivity contribution is -0.144. The van der Waals surface area contributed by atoms with Crippen molar-refractivity contribution in [1.29, 1.82) is 0 Å². The molecule has 3 N–H and O–H groups in total. The van der Waals surface area contributed by atoms with E-state index in [4.69, 9.17) is 9.84 Å². The zero-order valence-corrected chi connectivity index (χ0v) is 23.9. The molecule has 3 saturated heterocycles. The molecule has 3 amide bonds. The molecule has 1 spiro atoms. The quantitative estimate of drug-likeness (QED) is 0.381. The standard InChI is InChI=1S/C32H41N3O5/c1-20-14-15-21(2)24(18-20)34-29(38)27-32-19-22(3)31(4,40-32)25(28(37)33-23-12-8-7-9-13-23)26(32)30(39)35(27)16-10-5-6-11-17-36/h7-9,12-15,18,22,25-27,36H,5-6,10-11,16-17,19H2,1-4H3,(H,33,37)(H,34,38)/t22?,25-,26-,27?,31+,32?/m0/s1. The van der Waals surface area contributed by atoms with E-state index in [-0.39, 0.29) is 30.2 Å². The van der Waals surface area contributed by atoms with Crippen molar-refractivity contribution in [2.45, 2.75) is 77.0 Å². The van der Waals surface area contributed by atoms with Crippen molar-refractivity contribution in [2.24, 2.45) is 17.8 Å². The summed E-state index contributed by atoms with van der Waals surface area (Å²) in [6, 6.07) is 14.3. The van der Waals surface area contributed by atoms with Crippen LogP contribution in [0.1, 0.15) is 57.1 Å². The monoisotopic (exact) mass is 547 g/mol. The second-order valence-corrected chi connectivity index (χ2v) is 12.0. The van der Waals surface area contributed by atoms with E-state index in [0.29, 0.717) is 37.2 Å². The molecule has 6 atom stereocenters. The molecule has 2 aromatic carbocycles. The number of aliphatic hydroxyl groups excluding tert-OH is 1. The Morgan fingerprint density at radius 3 is 2.48 bits per heavy atom. The highest BCUT2D eigenvalue weighted by Gasteiger charge is 2.79. The van der Waals surface area contributed by atoms with Crippen LogP contribution in [0, 0.1) is 31.6 Å². The molecule has 3 unspecified atom stereocenters. The number of unbranched alkanes of at least 4 members (excludes halogenated alkanes) is 3. The van der Waals surface area contributed by atoms with Crippen LogP contribution < -0.4 is 10.6 Å². The van der Waals surface area contributed by atoms with Gasteiger partial charge in [-0.3, -0.25) is 14.4 Å². The number of rotatable bonds is 10. The van der Waals surface area contributed by atoms with E-state index in [1.165, 1.54) is 0 Å². The number of benzene rings is 2. The van der Waals surface area contributed by atoms with Crippen LogP contribution in [0.2, 0.25) is 0 Å². The fourth-order valence-electron chi connectivity index (χ4n) is 7.24. The van der Waals surface area contributed by atoms with E-state index in [9.17, 15) is 14.4 Å². The van der Waals surface area contributed by atoms with Crippen molar-refractivity contribution in [3.63, 3.8) is 0 Å². The SMILES string of the molecule is Cc1ccc(C)c(NC(=O)C2N(CCCCCCO)C(=O)[C@@H]3[C@@H](C(=O)Nc4ccccc4)[C@]4(C)OC23CC4C)c1. The Kier molecular flexibility index (Phi) is 7.77. The maximum absolute atomic E-state index is 14.2. The second-order valence-electron chi connectivity index (χ2n) is 12.0. The third-order valence-electron chi connectivity index (χ3n) is 9.34. The molecule has 2 bridgehead atoms. The lowest BCUT2D eigenvalue weighted by Gasteiger charge is -2.36. The fraction of sp³-hybridized carbons (Fsp3) is 0.531. The van der Waals surface area contributed by atoms with E-state index in [2.05, 4.69) is 17.6 Å². The van der Waals surface area contributed by atoms with E-state index in [1.54, 1.807) is 4.90 Å². The molecule has 3 heterocycles. The van der Waals surface area contributed by atoms with E-state index >= 15 is 0 Å². The number of ether oxygens (including phenoxy) is 1. The topological polar surface area (TPSA) is 108 Å². The summed E-state index contributed by atoms with van der Waals surface area (Å²) in [5.74, 6) is -2.21. The summed E-state index contributed by atoms with van der Waals surface area (Å²) in [6.07, 6.45) is 3.62. The van der Waals surface area contributed by atoms with Gasteiger partial charge in [0, 0.05) is 24.5 Å². The summed E-state index contributed by atoms with van der Waals surface area (Å²) in [5, 5.41) is 15.3. The first kappa shape index (κ1) is 28.3. The number of anilines is 2. The third kappa shape index (κ3) is 4.71. The van der Waals surface area contributed by atoms with Crippen molar-refractivity contribution in [2.75, 3.05) is 23.8 Å². The number of aryl methyl sites for hydroxylation is 2. The van der Waals surface area contributed by atoms with Gasteiger partial charge in [0.15, 0.2) is 0 Å². The Morgan fingerprint density at radius 2 is 1.75 bits per heavy atom. The Bertz CT molecular complexity index is 1280. The Morgan fingerprint density at radius 1 is 1.02 bits per heavy atom. The molecule has 0 radical (unpaired) electrons. The minimum absolute atomic E-state index is 0.0245. The number of nitrogens with zero attached hydrogens (tertiary/aromatic N) is 1. The summed E-state index contributed by atoms with van der Waals surface area (Å²) in [4.78, 5) is 43.9. The highest BCUT2D eigenvalue weighted by molar-refractivity contribution is 6.05. The lowest BCUT2D eigenvalue weighted by atomic mass is 9.62. The predicted molar refractivity (Wildman–Crippen MR) is 154 cm³/mol. The van der Waals surface area contributed by atoms with Crippen LogP contribution in [0.15, 0.2) is 48.5 Å². The predicted octanol–water partition coefficient (Wildman–Crippen LogP) is 4.44. The van der Waals surface area contributed by atoms with Crippen molar-refractivity contribution in [1.82, 2.24) is 4.90 Å². The molecule has 214 valence electrons. The van der Waals surface area contributed by atoms with Crippen LogP contribution in [0.25, 0.3) is 0 Å². The van der Waals surface area contributed by atoms with Gasteiger partial charge in [-0.25, -0.2) is 0 Å². The average Bonchev–Trinajstić information content (AvgIpc) is 3.43. The minimum Gasteiger partial charge on any atom is -0.396 e. The number of para-hydroxylation sites is 1. The van der Waals surface area contributed by atoms with Gasteiger partial charge in [0.1, 0.15) is 11.6 Å². The number of carbonyl (C=O) groups excluding carboxylic acids is 3. The molecule has 8 heteroatoms. The third-order valence-corrected chi connectivity index (χ3v) is 9.34. The largest absolute Gasteiger partial charge is 0.396 e. The van der Waals surface area contributed by atoms with Crippen molar-refractivity contribution < 1.29 is 24.2 Å². The maximum Gasteiger partial charge on any atom is 0.250 e. The molecular formula is C32H41N3O5. The molecule has 3 fully saturated rings. The first-order valence-electron chi connectivity index (χ1n) is 14.5. The highest BCUT2D eigenvalue weighted by Crippen LogP contribution is 2.65. The zero-order chi connectivity index (χ0) is 28.7. The first-order chi connectivity index (χ1) is 19.1. The molecule has 40 heavy (non-hydrogen) atoms. The minimum atomic E-state index is -1.09. The normalized spacial score (nSPS) is 30.4. The Balaban J connectivity index is 1.49. The number of hydrogen-bond acceptors (Lipinski definition) is 5. The van der Waals surface area contributed by atoms with Crippen molar-refractivity contribution in [3.05, 3.63) is 59.7 Å². The molecule has 3 aliphatic rings. The van der Waals surface area contributed by atoms with Gasteiger partial charge in [0.25, 0.3) is 0 Å². The highest BCUT2D eigenvalue weighted by atomic mass is 16.5. The molecule has 8 nitrogen and oxygen atoms in total. The molecule has 0 aliphatic carbocycles. The molecule has 2 aromatic rings. The van der Waals surface area contributed by atoms with Gasteiger partial charge in [-0.2, -0.15) is 0 Å². The van der Waals surface area contributed by atoms with Crippen molar-refractivity contribution >= 4 is 29.1 Å². The smallest absolute Gasteiger partial charge is 0.250 e. The van der Waals surface area contributed by atoms with Crippen LogP contribution in [0.5, 0.6) is 0 Å². The molecule has 5 rings (SSSR count). The van der Waals surface area contributed by atoms with E-state index in [1.807, 2.05) is 69.3 Å². The summed E-state index contributed by atoms with van der Waals surface area (Å²) >= 11 is 0. The zero-order valence-electron chi connectivity index (χ0n) is 23.9. The van der Waals surface area contributed by atoms with Gasteiger partial charge in [-0.1, -0.05) is 50.1 Å². The first-order valence-corrected chi connectivity index (χ1v) is 14.5. The van der Waals surface area contributed by atoms with E-state index in [0.717, 1.165) is 24.0 Å². The number of likely N-dealkylation sites (tertiary alicyclic amines) is 1. The average molecular weight is 548 g/mol. The number of aliphatic hydroxyl groups is 1. The second kappa shape index (κ2) is 11.0. The van der Waals surface area contributed by atoms with Gasteiger partial charge in [0.2, 0.25) is 17.7 Å². The summed E-state index contributed by atoms with van der Waals surface area (Å²) in [7, 11) is 0. The summed E-state index contributed by atoms with van der Waals surface area (Å²) in [6.45, 7) is 8.43. The van der Waals surface area contributed by atoms with Gasteiger partial charge in [-0.15, -0.1) is 0 Å². The lowest BCUT2D eigenvalue weighted by Crippen LogP contribution is -2.54. The number of carbonyl (C=O) groups is 3. The van der Waals surface area contributed by atoms with Crippen molar-refractivity contribution in [3.8, 4) is 0 Å². The number of fused-ring (bicyclic) bond motifs is 1. The Labute approximate surface area is 236 Å². The summed E-state index contributed by atoms with van der Waals surface area (Å²) < 4.78 is 6.81. The summed E-state index contributed by atoms with van der Waals surface area (Å²) in [5.41, 5.74) is 1.38.